The van der Waals surface area contributed by atoms with Crippen molar-refractivity contribution in [1.82, 2.24) is 4.98 Å². The Morgan fingerprint density at radius 1 is 1.15 bits per heavy atom. The van der Waals surface area contributed by atoms with E-state index in [-0.39, 0.29) is 50.4 Å². The first-order valence-electron chi connectivity index (χ1n) is 11.4. The molecule has 0 fully saturated rings. The average Bonchev–Trinajstić information content (AvgIpc) is 3.31. The van der Waals surface area contributed by atoms with Crippen LogP contribution in [0.1, 0.15) is 37.4 Å². The molecule has 8 nitrogen and oxygen atoms in total. The van der Waals surface area contributed by atoms with E-state index >= 15 is 0 Å². The molecule has 0 radical (unpaired) electrons. The van der Waals surface area contributed by atoms with Gasteiger partial charge in [0.15, 0.2) is 11.5 Å². The molecule has 0 saturated heterocycles. The largest absolute Gasteiger partial charge is 1.00 e. The van der Waals surface area contributed by atoms with Gasteiger partial charge in [-0.2, -0.15) is 0 Å². The molecule has 1 unspecified atom stereocenters. The molecule has 1 N–H and O–H groups in total. The van der Waals surface area contributed by atoms with Gasteiger partial charge in [0.25, 0.3) is 0 Å². The number of hydrogen-bond acceptors (Lipinski definition) is 8. The molecule has 2 heterocycles. The van der Waals surface area contributed by atoms with Gasteiger partial charge in [-0.15, -0.1) is 0 Å². The van der Waals surface area contributed by atoms with E-state index in [1.165, 1.54) is 12.1 Å². The molecule has 0 bridgehead atoms. The Kier molecular flexibility index (Phi) is 11.5. The summed E-state index contributed by atoms with van der Waals surface area (Å²) in [6.45, 7) is 3.82. The van der Waals surface area contributed by atoms with Crippen LogP contribution in [0.15, 0.2) is 48.5 Å². The SMILES string of the molecule is CC(C)c1nc(-c2cccc3c2OCO3)cc(-c2ccc(F)cc2)c1C#CP(=O)([O-])C[C@H](O)CC(=O)[O-].[Li+].[Li+]. The standard InChI is InChI=1S/C27H25FNO7P.2Li/c1-16(2)26-20(10-11-37(33,34)14-19(30)12-25(31)32)22(17-6-8-18(28)9-7-17)13-23(29-26)21-4-3-5-24-27(21)36-15-35-24;;/h3-9,13,16,19,30H,12,14-15H2,1-2H3,(H,31,32)(H,33,34);;/q;2*+1/p-2/t19-;;/m1../s1. The number of para-hydroxylation sites is 1. The predicted octanol–water partition coefficient (Wildman–Crippen LogP) is -3.14. The fraction of sp³-hybridized carbons (Fsp3) is 0.259. The number of carboxylic acids is 1. The molecule has 2 aromatic carbocycles. The Morgan fingerprint density at radius 3 is 2.49 bits per heavy atom. The van der Waals surface area contributed by atoms with Gasteiger partial charge in [-0.05, 0) is 47.5 Å². The summed E-state index contributed by atoms with van der Waals surface area (Å²) < 4.78 is 37.4. The Bertz CT molecular complexity index is 1450. The van der Waals surface area contributed by atoms with Gasteiger partial charge in [-0.25, -0.2) is 4.39 Å². The van der Waals surface area contributed by atoms with Gasteiger partial charge in [-0.1, -0.05) is 38.0 Å². The van der Waals surface area contributed by atoms with Crippen molar-refractivity contribution in [3.8, 4) is 45.5 Å². The number of aromatic nitrogens is 1. The Hall–Kier alpha value is -2.51. The van der Waals surface area contributed by atoms with Crippen molar-refractivity contribution in [2.45, 2.75) is 32.3 Å². The van der Waals surface area contributed by atoms with Crippen molar-refractivity contribution < 1.29 is 76.1 Å². The van der Waals surface area contributed by atoms with E-state index in [1.807, 2.05) is 19.9 Å². The van der Waals surface area contributed by atoms with E-state index in [9.17, 15) is 28.9 Å². The van der Waals surface area contributed by atoms with Gasteiger partial charge in [0.1, 0.15) is 5.82 Å². The van der Waals surface area contributed by atoms with Crippen LogP contribution >= 0.6 is 7.37 Å². The first-order chi connectivity index (χ1) is 17.5. The van der Waals surface area contributed by atoms with Gasteiger partial charge in [0.05, 0.1) is 30.4 Å². The number of pyridine rings is 1. The molecule has 1 aromatic heterocycles. The van der Waals surface area contributed by atoms with Crippen molar-refractivity contribution in [1.29, 1.82) is 0 Å². The smallest absolute Gasteiger partial charge is 0.790 e. The number of hydrogen-bond donors (Lipinski definition) is 1. The van der Waals surface area contributed by atoms with E-state index in [4.69, 9.17) is 14.5 Å². The molecule has 39 heavy (non-hydrogen) atoms. The normalized spacial score (nSPS) is 13.8. The van der Waals surface area contributed by atoms with Gasteiger partial charge in [-0.3, -0.25) is 4.98 Å². The molecule has 0 aliphatic carbocycles. The maximum atomic E-state index is 13.7. The third-order valence-electron chi connectivity index (χ3n) is 5.63. The second-order valence-corrected chi connectivity index (χ2v) is 10.8. The number of aliphatic hydroxyl groups excluding tert-OH is 1. The van der Waals surface area contributed by atoms with Gasteiger partial charge < -0.3 is 33.9 Å². The second-order valence-electron chi connectivity index (χ2n) is 8.84. The van der Waals surface area contributed by atoms with Crippen molar-refractivity contribution >= 4 is 13.3 Å². The van der Waals surface area contributed by atoms with Crippen LogP contribution in [0.25, 0.3) is 22.4 Å². The monoisotopic (exact) mass is 537 g/mol. The van der Waals surface area contributed by atoms with Crippen LogP contribution in [-0.2, 0) is 9.36 Å². The maximum absolute atomic E-state index is 13.7. The number of fused-ring (bicyclic) bond motifs is 1. The van der Waals surface area contributed by atoms with E-state index in [0.717, 1.165) is 0 Å². The van der Waals surface area contributed by atoms with Crippen LogP contribution in [0.4, 0.5) is 4.39 Å². The summed E-state index contributed by atoms with van der Waals surface area (Å²) in [5.74, 6) is 1.60. The molecule has 1 aliphatic rings. The molecule has 2 atom stereocenters. The fourth-order valence-corrected chi connectivity index (χ4v) is 5.02. The van der Waals surface area contributed by atoms with Crippen LogP contribution < -0.4 is 57.2 Å². The zero-order chi connectivity index (χ0) is 26.7. The molecule has 12 heteroatoms. The number of ether oxygens (including phenoxy) is 2. The van der Waals surface area contributed by atoms with Crippen molar-refractivity contribution in [3.63, 3.8) is 0 Å². The number of rotatable bonds is 7. The summed E-state index contributed by atoms with van der Waals surface area (Å²) in [5, 5.41) is 20.5. The van der Waals surface area contributed by atoms with Crippen molar-refractivity contribution in [3.05, 3.63) is 65.6 Å². The number of carbonyl (C=O) groups excluding carboxylic acids is 1. The molecular weight excluding hydrogens is 514 g/mol. The summed E-state index contributed by atoms with van der Waals surface area (Å²) in [7, 11) is -4.50. The van der Waals surface area contributed by atoms with Crippen LogP contribution in [0.3, 0.4) is 0 Å². The summed E-state index contributed by atoms with van der Waals surface area (Å²) in [6.07, 6.45) is -3.31. The first-order valence-corrected chi connectivity index (χ1v) is 13.3. The molecule has 4 rings (SSSR count). The summed E-state index contributed by atoms with van der Waals surface area (Å²) in [6, 6.07) is 12.8. The predicted molar refractivity (Wildman–Crippen MR) is 130 cm³/mol. The molecule has 3 aromatic rings. The van der Waals surface area contributed by atoms with Gasteiger partial charge in [0.2, 0.25) is 6.79 Å². The van der Waals surface area contributed by atoms with Gasteiger partial charge in [0, 0.05) is 29.7 Å². The van der Waals surface area contributed by atoms with Gasteiger partial charge >= 0.3 is 37.7 Å². The van der Waals surface area contributed by atoms with Crippen molar-refractivity contribution in [2.75, 3.05) is 13.0 Å². The number of benzene rings is 2. The fourth-order valence-electron chi connectivity index (χ4n) is 3.96. The zero-order valence-electron chi connectivity index (χ0n) is 22.1. The Morgan fingerprint density at radius 2 is 1.85 bits per heavy atom. The number of aliphatic hydroxyl groups is 1. The minimum atomic E-state index is -4.50. The third kappa shape index (κ3) is 8.01. The number of aliphatic carboxylic acids is 1. The number of nitrogens with zero attached hydrogens (tertiary/aromatic N) is 1. The van der Waals surface area contributed by atoms with Crippen LogP contribution in [0.2, 0.25) is 0 Å². The van der Waals surface area contributed by atoms with Crippen LogP contribution in [-0.4, -0.2) is 35.1 Å². The third-order valence-corrected chi connectivity index (χ3v) is 6.98. The molecule has 0 amide bonds. The Balaban J connectivity index is 0.00000267. The average molecular weight is 537 g/mol. The van der Waals surface area contributed by atoms with E-state index in [1.54, 1.807) is 30.3 Å². The summed E-state index contributed by atoms with van der Waals surface area (Å²) in [5.41, 5.74) is 5.33. The molecular formula is C27H23FLi2NO7P. The Labute approximate surface area is 249 Å². The summed E-state index contributed by atoms with van der Waals surface area (Å²) >= 11 is 0. The maximum Gasteiger partial charge on any atom is 1.00 e. The van der Waals surface area contributed by atoms with E-state index in [2.05, 4.69) is 11.6 Å². The molecule has 1 aliphatic heterocycles. The zero-order valence-corrected chi connectivity index (χ0v) is 23.0. The molecule has 0 saturated carbocycles. The minimum Gasteiger partial charge on any atom is -0.790 e. The topological polar surface area (TPSA) is 132 Å². The number of carbonyl (C=O) groups is 1. The van der Waals surface area contributed by atoms with Crippen LogP contribution in [0.5, 0.6) is 11.5 Å². The minimum absolute atomic E-state index is 0. The second kappa shape index (κ2) is 13.7. The molecule has 0 spiro atoms. The quantitative estimate of drug-likeness (QED) is 0.190. The van der Waals surface area contributed by atoms with Crippen LogP contribution in [0, 0.1) is 17.4 Å². The van der Waals surface area contributed by atoms with E-state index in [0.29, 0.717) is 45.1 Å². The molecule has 192 valence electrons. The number of halogens is 1. The van der Waals surface area contributed by atoms with Crippen molar-refractivity contribution in [2.24, 2.45) is 0 Å². The number of carboxylic acid groups (broad SMARTS) is 1. The first kappa shape index (κ1) is 32.7. The summed E-state index contributed by atoms with van der Waals surface area (Å²) in [4.78, 5) is 28.0. The van der Waals surface area contributed by atoms with E-state index < -0.39 is 37.8 Å².